The largest absolute Gasteiger partial charge is 0.462 e. The van der Waals surface area contributed by atoms with Crippen LogP contribution in [0, 0.1) is 0 Å². The van der Waals surface area contributed by atoms with Gasteiger partial charge in [-0.15, -0.1) is 0 Å². The lowest BCUT2D eigenvalue weighted by molar-refractivity contribution is -0.167. The Morgan fingerprint density at radius 3 is 0.913 bits per heavy atom. The van der Waals surface area contributed by atoms with Gasteiger partial charge in [0.2, 0.25) is 0 Å². The molecular weight excluding hydrogens is 853 g/mol. The molecule has 69 heavy (non-hydrogen) atoms. The molecule has 0 radical (unpaired) electrons. The van der Waals surface area contributed by atoms with E-state index in [4.69, 9.17) is 14.2 Å². The normalized spacial score (nSPS) is 12.4. The molecule has 6 heteroatoms. The molecular formula is C63H112O6. The van der Waals surface area contributed by atoms with Gasteiger partial charge in [-0.25, -0.2) is 0 Å². The molecule has 0 N–H and O–H groups in total. The number of rotatable bonds is 54. The van der Waals surface area contributed by atoms with Gasteiger partial charge < -0.3 is 14.2 Å². The molecule has 0 saturated carbocycles. The lowest BCUT2D eigenvalue weighted by Gasteiger charge is -2.18. The van der Waals surface area contributed by atoms with Crippen molar-refractivity contribution in [2.75, 3.05) is 13.2 Å². The van der Waals surface area contributed by atoms with Crippen molar-refractivity contribution in [1.29, 1.82) is 0 Å². The Kier molecular flexibility index (Phi) is 55.3. The molecule has 1 unspecified atom stereocenters. The number of allylic oxidation sites excluding steroid dienone is 10. The fourth-order valence-corrected chi connectivity index (χ4v) is 8.45. The molecule has 400 valence electrons. The van der Waals surface area contributed by atoms with Crippen LogP contribution in [0.4, 0.5) is 0 Å². The molecule has 0 aliphatic carbocycles. The van der Waals surface area contributed by atoms with Crippen LogP contribution in [-0.4, -0.2) is 37.2 Å². The minimum absolute atomic E-state index is 0.0790. The minimum Gasteiger partial charge on any atom is -0.462 e. The third kappa shape index (κ3) is 55.9. The van der Waals surface area contributed by atoms with Crippen LogP contribution in [0.2, 0.25) is 0 Å². The van der Waals surface area contributed by atoms with Gasteiger partial charge in [0.15, 0.2) is 6.10 Å². The average Bonchev–Trinajstić information content (AvgIpc) is 3.35. The molecule has 0 aromatic carbocycles. The van der Waals surface area contributed by atoms with Gasteiger partial charge in [0.1, 0.15) is 13.2 Å². The number of ether oxygens (including phenoxy) is 3. The van der Waals surface area contributed by atoms with Gasteiger partial charge in [-0.05, 0) is 103 Å². The van der Waals surface area contributed by atoms with Crippen molar-refractivity contribution in [2.45, 2.75) is 309 Å². The zero-order chi connectivity index (χ0) is 50.0. The second-order valence-electron chi connectivity index (χ2n) is 19.9. The van der Waals surface area contributed by atoms with Crippen LogP contribution in [0.5, 0.6) is 0 Å². The summed E-state index contributed by atoms with van der Waals surface area (Å²) in [7, 11) is 0. The van der Waals surface area contributed by atoms with E-state index in [0.717, 1.165) is 96.3 Å². The molecule has 0 rings (SSSR count). The first-order chi connectivity index (χ1) is 34.0. The van der Waals surface area contributed by atoms with E-state index in [9.17, 15) is 14.4 Å². The molecule has 0 aromatic heterocycles. The summed E-state index contributed by atoms with van der Waals surface area (Å²) in [6, 6.07) is 0. The Balaban J connectivity index is 4.12. The first-order valence-corrected chi connectivity index (χ1v) is 29.8. The molecule has 0 saturated heterocycles. The Morgan fingerprint density at radius 2 is 0.551 bits per heavy atom. The number of carbonyl (C=O) groups is 3. The molecule has 0 bridgehead atoms. The predicted octanol–water partition coefficient (Wildman–Crippen LogP) is 20.0. The third-order valence-corrected chi connectivity index (χ3v) is 12.9. The first kappa shape index (κ1) is 66.1. The van der Waals surface area contributed by atoms with Gasteiger partial charge in [0, 0.05) is 19.3 Å². The maximum Gasteiger partial charge on any atom is 0.306 e. The summed E-state index contributed by atoms with van der Waals surface area (Å²) in [5.41, 5.74) is 0. The highest BCUT2D eigenvalue weighted by Gasteiger charge is 2.19. The van der Waals surface area contributed by atoms with Crippen molar-refractivity contribution < 1.29 is 28.6 Å². The molecule has 0 amide bonds. The summed E-state index contributed by atoms with van der Waals surface area (Å²) in [5.74, 6) is -0.892. The number of carbonyl (C=O) groups excluding carboxylic acids is 3. The van der Waals surface area contributed by atoms with Gasteiger partial charge in [0.05, 0.1) is 0 Å². The van der Waals surface area contributed by atoms with Crippen molar-refractivity contribution in [3.63, 3.8) is 0 Å². The molecule has 0 fully saturated rings. The Labute approximate surface area is 428 Å². The van der Waals surface area contributed by atoms with E-state index >= 15 is 0 Å². The summed E-state index contributed by atoms with van der Waals surface area (Å²) < 4.78 is 16.8. The van der Waals surface area contributed by atoms with Crippen molar-refractivity contribution in [1.82, 2.24) is 0 Å². The highest BCUT2D eigenvalue weighted by atomic mass is 16.6. The second-order valence-corrected chi connectivity index (χ2v) is 19.9. The van der Waals surface area contributed by atoms with Gasteiger partial charge in [-0.3, -0.25) is 14.4 Å². The third-order valence-electron chi connectivity index (χ3n) is 12.9. The first-order valence-electron chi connectivity index (χ1n) is 29.8. The fourth-order valence-electron chi connectivity index (χ4n) is 8.45. The zero-order valence-corrected chi connectivity index (χ0v) is 45.8. The molecule has 0 aliphatic heterocycles. The van der Waals surface area contributed by atoms with Gasteiger partial charge in [-0.2, -0.15) is 0 Å². The van der Waals surface area contributed by atoms with Crippen molar-refractivity contribution in [3.05, 3.63) is 60.8 Å². The van der Waals surface area contributed by atoms with E-state index in [1.54, 1.807) is 0 Å². The minimum atomic E-state index is -0.779. The molecule has 6 nitrogen and oxygen atoms in total. The Hall–Kier alpha value is -2.89. The fraction of sp³-hybridized carbons (Fsp3) is 0.794. The van der Waals surface area contributed by atoms with Crippen molar-refractivity contribution in [2.24, 2.45) is 0 Å². The molecule has 0 heterocycles. The van der Waals surface area contributed by atoms with Crippen LogP contribution in [0.3, 0.4) is 0 Å². The van der Waals surface area contributed by atoms with E-state index in [1.807, 2.05) is 0 Å². The smallest absolute Gasteiger partial charge is 0.306 e. The lowest BCUT2D eigenvalue weighted by atomic mass is 10.0. The summed E-state index contributed by atoms with van der Waals surface area (Å²) in [4.78, 5) is 38.0. The monoisotopic (exact) mass is 965 g/mol. The Morgan fingerprint density at radius 1 is 0.290 bits per heavy atom. The summed E-state index contributed by atoms with van der Waals surface area (Å²) in [6.45, 7) is 6.54. The molecule has 1 atom stereocenters. The van der Waals surface area contributed by atoms with Crippen LogP contribution in [0.25, 0.3) is 0 Å². The topological polar surface area (TPSA) is 78.9 Å². The van der Waals surface area contributed by atoms with Gasteiger partial charge in [-0.1, -0.05) is 242 Å². The van der Waals surface area contributed by atoms with E-state index in [2.05, 4.69) is 81.5 Å². The van der Waals surface area contributed by atoms with E-state index in [1.165, 1.54) is 167 Å². The van der Waals surface area contributed by atoms with Crippen LogP contribution in [-0.2, 0) is 28.6 Å². The molecule has 0 aromatic rings. The SMILES string of the molecule is CCC/C=C\CCCCCCCC(=O)OCC(COC(=O)CCCCCCCCCCCCCCCC/C=C\C/C=C\C/C=C\CCCCCCC)OC(=O)CCCCCCC/C=C\CCCCC. The van der Waals surface area contributed by atoms with Crippen LogP contribution in [0.15, 0.2) is 60.8 Å². The van der Waals surface area contributed by atoms with Crippen LogP contribution < -0.4 is 0 Å². The molecule has 0 aliphatic rings. The van der Waals surface area contributed by atoms with E-state index < -0.39 is 6.10 Å². The predicted molar refractivity (Wildman–Crippen MR) is 298 cm³/mol. The standard InChI is InChI=1S/C63H112O6/c1-4-7-10-13-16-19-22-24-25-26-27-28-29-30-31-32-33-34-35-36-37-38-39-40-42-44-47-50-53-56-62(65)68-59-60(58-67-61(64)55-52-49-46-43-21-18-15-12-9-6-3)69-63(66)57-54-51-48-45-41-23-20-17-14-11-8-5-2/h12,15,17,20,22,24,26-27,29-30,60H,4-11,13-14,16,18-19,21,23,25,28,31-59H2,1-3H3/b15-12-,20-17-,24-22-,27-26-,30-29-. The van der Waals surface area contributed by atoms with Crippen LogP contribution in [0.1, 0.15) is 303 Å². The highest BCUT2D eigenvalue weighted by Crippen LogP contribution is 2.16. The maximum absolute atomic E-state index is 12.8. The van der Waals surface area contributed by atoms with Gasteiger partial charge >= 0.3 is 17.9 Å². The summed E-state index contributed by atoms with van der Waals surface area (Å²) in [6.07, 6.45) is 72.4. The lowest BCUT2D eigenvalue weighted by Crippen LogP contribution is -2.30. The quantitative estimate of drug-likeness (QED) is 0.0262. The van der Waals surface area contributed by atoms with E-state index in [-0.39, 0.29) is 31.1 Å². The number of esters is 3. The zero-order valence-electron chi connectivity index (χ0n) is 45.8. The summed E-state index contributed by atoms with van der Waals surface area (Å²) in [5, 5.41) is 0. The van der Waals surface area contributed by atoms with Crippen molar-refractivity contribution in [3.8, 4) is 0 Å². The molecule has 0 spiro atoms. The summed E-state index contributed by atoms with van der Waals surface area (Å²) >= 11 is 0. The second kappa shape index (κ2) is 57.7. The average molecular weight is 966 g/mol. The van der Waals surface area contributed by atoms with Crippen LogP contribution >= 0.6 is 0 Å². The van der Waals surface area contributed by atoms with Gasteiger partial charge in [0.25, 0.3) is 0 Å². The maximum atomic E-state index is 12.8. The highest BCUT2D eigenvalue weighted by molar-refractivity contribution is 5.71. The Bertz CT molecular complexity index is 1250. The number of hydrogen-bond donors (Lipinski definition) is 0. The number of hydrogen-bond acceptors (Lipinski definition) is 6. The number of unbranched alkanes of at least 4 members (excludes halogenated alkanes) is 33. The van der Waals surface area contributed by atoms with E-state index in [0.29, 0.717) is 19.3 Å². The van der Waals surface area contributed by atoms with Crippen molar-refractivity contribution >= 4 is 17.9 Å².